The van der Waals surface area contributed by atoms with Gasteiger partial charge in [-0.3, -0.25) is 4.79 Å². The summed E-state index contributed by atoms with van der Waals surface area (Å²) < 4.78 is 41.6. The Hall–Kier alpha value is -3.21. The summed E-state index contributed by atoms with van der Waals surface area (Å²) in [6, 6.07) is 15.0. The molecule has 1 aliphatic heterocycles. The number of halogens is 1. The van der Waals surface area contributed by atoms with E-state index in [4.69, 9.17) is 9.56 Å². The highest BCUT2D eigenvalue weighted by molar-refractivity contribution is 8.18. The first kappa shape index (κ1) is 20.1. The zero-order valence-electron chi connectivity index (χ0n) is 15.2. The second-order valence-corrected chi connectivity index (χ2v) is 8.81. The number of nitrogens with one attached hydrogen (secondary N) is 1. The number of primary sulfonamides is 1. The van der Waals surface area contributed by atoms with Gasteiger partial charge in [-0.1, -0.05) is 0 Å². The minimum absolute atomic E-state index is 0.00809. The lowest BCUT2D eigenvalue weighted by Gasteiger charge is -2.00. The number of rotatable bonds is 4. The van der Waals surface area contributed by atoms with Crippen LogP contribution in [0.15, 0.2) is 79.9 Å². The molecule has 152 valence electrons. The molecule has 1 aliphatic rings. The van der Waals surface area contributed by atoms with E-state index in [1.165, 1.54) is 36.4 Å². The molecular weight excluding hydrogens is 429 g/mol. The second kappa shape index (κ2) is 7.90. The lowest BCUT2D eigenvalue weighted by atomic mass is 10.2. The highest BCUT2D eigenvalue weighted by Crippen LogP contribution is 2.30. The van der Waals surface area contributed by atoms with E-state index < -0.39 is 10.0 Å². The van der Waals surface area contributed by atoms with Crippen LogP contribution in [-0.4, -0.2) is 19.5 Å². The fourth-order valence-electron chi connectivity index (χ4n) is 2.68. The molecule has 0 bridgehead atoms. The predicted octanol–water partition coefficient (Wildman–Crippen LogP) is 4.26. The molecule has 2 aromatic carbocycles. The largest absolute Gasteiger partial charge is 0.457 e. The number of thioether (sulfide) groups is 1. The van der Waals surface area contributed by atoms with Gasteiger partial charge >= 0.3 is 0 Å². The van der Waals surface area contributed by atoms with Gasteiger partial charge in [0.15, 0.2) is 0 Å². The maximum atomic E-state index is 13.1. The number of nitrogens with two attached hydrogens (primary N) is 1. The van der Waals surface area contributed by atoms with E-state index in [9.17, 15) is 17.6 Å². The molecule has 0 spiro atoms. The van der Waals surface area contributed by atoms with Crippen LogP contribution in [0.3, 0.4) is 0 Å². The Bertz CT molecular complexity index is 1280. The van der Waals surface area contributed by atoms with Crippen molar-refractivity contribution >= 4 is 44.6 Å². The summed E-state index contributed by atoms with van der Waals surface area (Å²) in [6.45, 7) is 0. The highest BCUT2D eigenvalue weighted by atomic mass is 32.2. The minimum Gasteiger partial charge on any atom is -0.457 e. The van der Waals surface area contributed by atoms with Crippen molar-refractivity contribution < 1.29 is 22.0 Å². The summed E-state index contributed by atoms with van der Waals surface area (Å²) in [5.41, 5.74) is 1.16. The van der Waals surface area contributed by atoms with Crippen molar-refractivity contribution in [3.05, 3.63) is 77.1 Å². The molecule has 3 N–H and O–H groups in total. The number of carbonyl (C=O) groups excluding carboxylic acids is 1. The minimum atomic E-state index is -3.77. The number of carbonyl (C=O) groups is 1. The van der Waals surface area contributed by atoms with Crippen LogP contribution in [0.25, 0.3) is 17.4 Å². The first-order valence-electron chi connectivity index (χ1n) is 8.56. The van der Waals surface area contributed by atoms with Crippen LogP contribution in [0, 0.1) is 5.82 Å². The number of furan rings is 1. The Morgan fingerprint density at radius 3 is 2.40 bits per heavy atom. The molecule has 0 unspecified atom stereocenters. The molecule has 1 aromatic heterocycles. The van der Waals surface area contributed by atoms with Gasteiger partial charge in [0, 0.05) is 5.56 Å². The quantitative estimate of drug-likeness (QED) is 0.625. The average molecular weight is 443 g/mol. The average Bonchev–Trinajstić information content (AvgIpc) is 3.30. The highest BCUT2D eigenvalue weighted by Gasteiger charge is 2.24. The predicted molar refractivity (Wildman–Crippen MR) is 113 cm³/mol. The van der Waals surface area contributed by atoms with E-state index in [-0.39, 0.29) is 16.0 Å². The summed E-state index contributed by atoms with van der Waals surface area (Å²) in [5, 5.41) is 7.47. The van der Waals surface area contributed by atoms with Gasteiger partial charge in [-0.05, 0) is 78.5 Å². The molecule has 30 heavy (non-hydrogen) atoms. The smallest absolute Gasteiger partial charge is 0.289 e. The maximum Gasteiger partial charge on any atom is 0.289 e. The molecule has 1 saturated heterocycles. The van der Waals surface area contributed by atoms with Crippen LogP contribution < -0.4 is 10.5 Å². The normalized spacial score (nSPS) is 16.9. The summed E-state index contributed by atoms with van der Waals surface area (Å²) in [4.78, 5) is 16.7. The Balaban J connectivity index is 1.60. The molecule has 1 amide bonds. The topological polar surface area (TPSA) is 115 Å². The van der Waals surface area contributed by atoms with E-state index in [0.717, 1.165) is 11.8 Å². The van der Waals surface area contributed by atoms with Gasteiger partial charge in [-0.15, -0.1) is 0 Å². The Kier molecular flexibility index (Phi) is 5.29. The summed E-state index contributed by atoms with van der Waals surface area (Å²) in [7, 11) is -3.77. The van der Waals surface area contributed by atoms with Gasteiger partial charge in [0.25, 0.3) is 5.24 Å². The molecule has 2 heterocycles. The molecule has 1 fully saturated rings. The van der Waals surface area contributed by atoms with Gasteiger partial charge in [0.1, 0.15) is 23.2 Å². The van der Waals surface area contributed by atoms with Crippen molar-refractivity contribution in [1.29, 1.82) is 0 Å². The van der Waals surface area contributed by atoms with Crippen molar-refractivity contribution in [2.45, 2.75) is 4.90 Å². The Morgan fingerprint density at radius 2 is 1.73 bits per heavy atom. The molecule has 3 aromatic rings. The van der Waals surface area contributed by atoms with E-state index in [1.54, 1.807) is 30.3 Å². The van der Waals surface area contributed by atoms with Gasteiger partial charge in [-0.25, -0.2) is 22.9 Å². The molecule has 4 rings (SSSR count). The van der Waals surface area contributed by atoms with Crippen LogP contribution in [0.5, 0.6) is 0 Å². The third-order valence-corrected chi connectivity index (χ3v) is 5.84. The van der Waals surface area contributed by atoms with Crippen LogP contribution in [0.4, 0.5) is 14.9 Å². The Morgan fingerprint density at radius 1 is 1.03 bits per heavy atom. The van der Waals surface area contributed by atoms with Crippen LogP contribution >= 0.6 is 11.8 Å². The Labute approximate surface area is 175 Å². The van der Waals surface area contributed by atoms with E-state index in [2.05, 4.69) is 10.3 Å². The van der Waals surface area contributed by atoms with E-state index >= 15 is 0 Å². The fraction of sp³-hybridized carbons (Fsp3) is 0. The van der Waals surface area contributed by atoms with E-state index in [1.807, 2.05) is 0 Å². The SMILES string of the molecule is NS(=O)(=O)c1ccc(-c2ccc(/C=C3\SC(=O)NC3=Nc3ccc(F)cc3)o2)cc1. The number of hydrogen-bond acceptors (Lipinski definition) is 6. The number of sulfonamides is 1. The van der Waals surface area contributed by atoms with Crippen LogP contribution in [0.1, 0.15) is 5.76 Å². The molecule has 0 radical (unpaired) electrons. The fourth-order valence-corrected chi connectivity index (χ4v) is 3.91. The molecule has 0 atom stereocenters. The number of amidine groups is 1. The van der Waals surface area contributed by atoms with Crippen molar-refractivity contribution in [2.24, 2.45) is 10.1 Å². The van der Waals surface area contributed by atoms with Gasteiger partial charge in [0.2, 0.25) is 10.0 Å². The number of nitrogens with zero attached hydrogens (tertiary/aromatic N) is 1. The van der Waals surface area contributed by atoms with Gasteiger partial charge in [-0.2, -0.15) is 0 Å². The molecule has 10 heteroatoms. The molecule has 7 nitrogen and oxygen atoms in total. The summed E-state index contributed by atoms with van der Waals surface area (Å²) >= 11 is 0.966. The molecule has 0 aliphatic carbocycles. The third-order valence-electron chi connectivity index (χ3n) is 4.09. The van der Waals surface area contributed by atoms with Crippen LogP contribution in [-0.2, 0) is 10.0 Å². The number of aliphatic imine (C=N–C) groups is 1. The third kappa shape index (κ3) is 4.51. The lowest BCUT2D eigenvalue weighted by Crippen LogP contribution is -2.18. The standard InChI is InChI=1S/C20H14FN3O4S2/c21-13-3-5-14(6-4-13)23-19-18(29-20(25)24-19)11-15-7-10-17(28-15)12-1-8-16(9-2-12)30(22,26)27/h1-11H,(H2,22,26,27)(H,23,24,25)/b18-11-. The van der Waals surface area contributed by atoms with Crippen molar-refractivity contribution in [2.75, 3.05) is 0 Å². The van der Waals surface area contributed by atoms with Gasteiger partial charge < -0.3 is 9.73 Å². The number of benzene rings is 2. The van der Waals surface area contributed by atoms with Gasteiger partial charge in [0.05, 0.1) is 15.5 Å². The second-order valence-electron chi connectivity index (χ2n) is 6.23. The van der Waals surface area contributed by atoms with Crippen molar-refractivity contribution in [1.82, 2.24) is 5.32 Å². The summed E-state index contributed by atoms with van der Waals surface area (Å²) in [6.07, 6.45) is 1.66. The van der Waals surface area contributed by atoms with Crippen molar-refractivity contribution in [3.63, 3.8) is 0 Å². The van der Waals surface area contributed by atoms with E-state index in [0.29, 0.717) is 33.5 Å². The summed E-state index contributed by atoms with van der Waals surface area (Å²) in [5.74, 6) is 0.959. The first-order chi connectivity index (χ1) is 14.3. The maximum absolute atomic E-state index is 13.1. The number of amides is 1. The zero-order valence-corrected chi connectivity index (χ0v) is 16.8. The number of hydrogen-bond donors (Lipinski definition) is 2. The first-order valence-corrected chi connectivity index (χ1v) is 10.9. The zero-order chi connectivity index (χ0) is 21.3. The van der Waals surface area contributed by atoms with Crippen LogP contribution in [0.2, 0.25) is 0 Å². The van der Waals surface area contributed by atoms with Crippen molar-refractivity contribution in [3.8, 4) is 11.3 Å². The molecular formula is C20H14FN3O4S2. The lowest BCUT2D eigenvalue weighted by molar-refractivity contribution is 0.265. The molecule has 0 saturated carbocycles. The monoisotopic (exact) mass is 443 g/mol.